The minimum absolute atomic E-state index is 0.383. The fourth-order valence-electron chi connectivity index (χ4n) is 3.30. The second-order valence-corrected chi connectivity index (χ2v) is 6.45. The molecule has 1 saturated heterocycles. The summed E-state index contributed by atoms with van der Waals surface area (Å²) in [7, 11) is 0. The van der Waals surface area contributed by atoms with Gasteiger partial charge in [0.05, 0.1) is 5.60 Å². The van der Waals surface area contributed by atoms with Gasteiger partial charge in [0.2, 0.25) is 0 Å². The van der Waals surface area contributed by atoms with Crippen molar-refractivity contribution in [1.82, 2.24) is 10.2 Å². The molecule has 1 aliphatic carbocycles. The second-order valence-electron chi connectivity index (χ2n) is 6.45. The summed E-state index contributed by atoms with van der Waals surface area (Å²) in [5, 5.41) is 13.7. The average Bonchev–Trinajstić information content (AvgIpc) is 2.34. The molecule has 18 heavy (non-hydrogen) atoms. The monoisotopic (exact) mass is 254 g/mol. The van der Waals surface area contributed by atoms with Crippen LogP contribution in [-0.2, 0) is 0 Å². The minimum Gasteiger partial charge on any atom is -0.389 e. The Kier molecular flexibility index (Phi) is 5.05. The number of nitrogens with one attached hydrogen (secondary N) is 1. The molecule has 1 aliphatic heterocycles. The Morgan fingerprint density at radius 2 is 2.17 bits per heavy atom. The van der Waals surface area contributed by atoms with E-state index in [9.17, 15) is 5.11 Å². The zero-order valence-corrected chi connectivity index (χ0v) is 12.1. The quantitative estimate of drug-likeness (QED) is 0.761. The molecule has 3 nitrogen and oxygen atoms in total. The van der Waals surface area contributed by atoms with Crippen molar-refractivity contribution in [3.8, 4) is 0 Å². The standard InChI is InChI=1S/C15H30N2O/c1-3-9-17-10-4-6-14(11-17)13(2)16-12-15(18)7-5-8-15/h13-14,16,18H,3-12H2,1-2H3. The van der Waals surface area contributed by atoms with E-state index in [1.54, 1.807) is 0 Å². The van der Waals surface area contributed by atoms with Crippen LogP contribution >= 0.6 is 0 Å². The maximum atomic E-state index is 10.1. The molecular formula is C15H30N2O. The highest BCUT2D eigenvalue weighted by atomic mass is 16.3. The van der Waals surface area contributed by atoms with Crippen LogP contribution in [0.3, 0.4) is 0 Å². The summed E-state index contributed by atoms with van der Waals surface area (Å²) < 4.78 is 0. The van der Waals surface area contributed by atoms with Crippen LogP contribution in [-0.4, -0.2) is 47.8 Å². The van der Waals surface area contributed by atoms with Crippen LogP contribution in [0.25, 0.3) is 0 Å². The molecule has 2 rings (SSSR count). The topological polar surface area (TPSA) is 35.5 Å². The lowest BCUT2D eigenvalue weighted by atomic mass is 9.80. The molecule has 1 heterocycles. The molecule has 0 spiro atoms. The first-order valence-corrected chi connectivity index (χ1v) is 7.81. The van der Waals surface area contributed by atoms with E-state index in [1.165, 1.54) is 45.3 Å². The number of aliphatic hydroxyl groups is 1. The third-order valence-corrected chi connectivity index (χ3v) is 4.83. The van der Waals surface area contributed by atoms with Crippen molar-refractivity contribution in [1.29, 1.82) is 0 Å². The number of hydrogen-bond acceptors (Lipinski definition) is 3. The molecule has 106 valence electrons. The van der Waals surface area contributed by atoms with Gasteiger partial charge < -0.3 is 15.3 Å². The lowest BCUT2D eigenvalue weighted by molar-refractivity contribution is -0.0349. The van der Waals surface area contributed by atoms with Crippen LogP contribution < -0.4 is 5.32 Å². The predicted octanol–water partition coefficient (Wildman–Crippen LogP) is 2.00. The van der Waals surface area contributed by atoms with Crippen molar-refractivity contribution in [3.63, 3.8) is 0 Å². The summed E-state index contributed by atoms with van der Waals surface area (Å²) in [6, 6.07) is 0.536. The fourth-order valence-corrected chi connectivity index (χ4v) is 3.30. The van der Waals surface area contributed by atoms with Crippen molar-refractivity contribution in [2.75, 3.05) is 26.2 Å². The Morgan fingerprint density at radius 3 is 2.78 bits per heavy atom. The number of piperidine rings is 1. The van der Waals surface area contributed by atoms with E-state index in [1.807, 2.05) is 0 Å². The summed E-state index contributed by atoms with van der Waals surface area (Å²) in [4.78, 5) is 2.60. The van der Waals surface area contributed by atoms with Gasteiger partial charge in [-0.2, -0.15) is 0 Å². The average molecular weight is 254 g/mol. The van der Waals surface area contributed by atoms with E-state index in [-0.39, 0.29) is 5.60 Å². The Labute approximate surface area is 112 Å². The van der Waals surface area contributed by atoms with Crippen LogP contribution in [0.2, 0.25) is 0 Å². The first-order valence-electron chi connectivity index (χ1n) is 7.81. The van der Waals surface area contributed by atoms with Crippen molar-refractivity contribution in [2.45, 2.75) is 64.0 Å². The van der Waals surface area contributed by atoms with Crippen molar-refractivity contribution >= 4 is 0 Å². The number of nitrogens with zero attached hydrogens (tertiary/aromatic N) is 1. The van der Waals surface area contributed by atoms with Gasteiger partial charge in [-0.1, -0.05) is 6.92 Å². The molecule has 2 aliphatic rings. The maximum Gasteiger partial charge on any atom is 0.0771 e. The smallest absolute Gasteiger partial charge is 0.0771 e. The fraction of sp³-hybridized carbons (Fsp3) is 1.00. The Hall–Kier alpha value is -0.120. The lowest BCUT2D eigenvalue weighted by Crippen LogP contribution is -2.51. The first-order chi connectivity index (χ1) is 8.63. The summed E-state index contributed by atoms with van der Waals surface area (Å²) in [6.07, 6.45) is 7.10. The van der Waals surface area contributed by atoms with Crippen LogP contribution in [0.15, 0.2) is 0 Å². The highest BCUT2D eigenvalue weighted by molar-refractivity contribution is 4.91. The maximum absolute atomic E-state index is 10.1. The van der Waals surface area contributed by atoms with E-state index < -0.39 is 0 Å². The van der Waals surface area contributed by atoms with Gasteiger partial charge in [0.25, 0.3) is 0 Å². The number of hydrogen-bond donors (Lipinski definition) is 2. The van der Waals surface area contributed by atoms with E-state index in [0.717, 1.165) is 25.3 Å². The van der Waals surface area contributed by atoms with Gasteiger partial charge in [0.15, 0.2) is 0 Å². The predicted molar refractivity (Wildman–Crippen MR) is 75.7 cm³/mol. The Bertz CT molecular complexity index is 251. The van der Waals surface area contributed by atoms with Gasteiger partial charge in [0.1, 0.15) is 0 Å². The van der Waals surface area contributed by atoms with Gasteiger partial charge in [-0.25, -0.2) is 0 Å². The summed E-state index contributed by atoms with van der Waals surface area (Å²) in [5.41, 5.74) is -0.383. The molecule has 0 aromatic heterocycles. The molecule has 0 aromatic rings. The van der Waals surface area contributed by atoms with Crippen molar-refractivity contribution < 1.29 is 5.11 Å². The molecule has 2 unspecified atom stereocenters. The zero-order chi connectivity index (χ0) is 13.0. The minimum atomic E-state index is -0.383. The summed E-state index contributed by atoms with van der Waals surface area (Å²) in [6.45, 7) is 9.10. The molecule has 2 atom stereocenters. The molecule has 0 bridgehead atoms. The largest absolute Gasteiger partial charge is 0.389 e. The van der Waals surface area contributed by atoms with E-state index in [0.29, 0.717) is 6.04 Å². The molecule has 0 radical (unpaired) electrons. The van der Waals surface area contributed by atoms with Crippen LogP contribution in [0.1, 0.15) is 52.4 Å². The van der Waals surface area contributed by atoms with Crippen LogP contribution in [0, 0.1) is 5.92 Å². The molecule has 2 N–H and O–H groups in total. The van der Waals surface area contributed by atoms with E-state index in [4.69, 9.17) is 0 Å². The van der Waals surface area contributed by atoms with Gasteiger partial charge in [-0.05, 0) is 64.5 Å². The van der Waals surface area contributed by atoms with E-state index >= 15 is 0 Å². The van der Waals surface area contributed by atoms with E-state index in [2.05, 4.69) is 24.1 Å². The molecule has 1 saturated carbocycles. The molecule has 3 heteroatoms. The molecule has 0 aromatic carbocycles. The third kappa shape index (κ3) is 3.69. The van der Waals surface area contributed by atoms with Gasteiger partial charge in [-0.3, -0.25) is 0 Å². The summed E-state index contributed by atoms with van der Waals surface area (Å²) >= 11 is 0. The van der Waals surface area contributed by atoms with Crippen molar-refractivity contribution in [3.05, 3.63) is 0 Å². The first kappa shape index (κ1) is 14.3. The molecule has 2 fully saturated rings. The number of likely N-dealkylation sites (tertiary alicyclic amines) is 1. The third-order valence-electron chi connectivity index (χ3n) is 4.83. The zero-order valence-electron chi connectivity index (χ0n) is 12.1. The van der Waals surface area contributed by atoms with Crippen LogP contribution in [0.4, 0.5) is 0 Å². The molecular weight excluding hydrogens is 224 g/mol. The highest BCUT2D eigenvalue weighted by Crippen LogP contribution is 2.31. The summed E-state index contributed by atoms with van der Waals surface area (Å²) in [5.74, 6) is 0.758. The normalized spacial score (nSPS) is 29.8. The number of rotatable bonds is 6. The van der Waals surface area contributed by atoms with Gasteiger partial charge >= 0.3 is 0 Å². The highest BCUT2D eigenvalue weighted by Gasteiger charge is 2.35. The Morgan fingerprint density at radius 1 is 1.39 bits per heavy atom. The lowest BCUT2D eigenvalue weighted by Gasteiger charge is -2.40. The Balaban J connectivity index is 1.72. The van der Waals surface area contributed by atoms with Crippen molar-refractivity contribution in [2.24, 2.45) is 5.92 Å². The second kappa shape index (κ2) is 6.36. The van der Waals surface area contributed by atoms with Gasteiger partial charge in [0, 0.05) is 19.1 Å². The van der Waals surface area contributed by atoms with Crippen LogP contribution in [0.5, 0.6) is 0 Å². The van der Waals surface area contributed by atoms with Gasteiger partial charge in [-0.15, -0.1) is 0 Å². The SMILES string of the molecule is CCCN1CCCC(C(C)NCC2(O)CCC2)C1. The molecule has 0 amide bonds.